The van der Waals surface area contributed by atoms with E-state index in [9.17, 15) is 15.0 Å². The van der Waals surface area contributed by atoms with Crippen molar-refractivity contribution in [1.29, 1.82) is 0 Å². The van der Waals surface area contributed by atoms with Gasteiger partial charge in [-0.15, -0.1) is 0 Å². The van der Waals surface area contributed by atoms with Crippen LogP contribution in [0.25, 0.3) is 0 Å². The van der Waals surface area contributed by atoms with Crippen LogP contribution in [-0.2, 0) is 4.74 Å². The molecule has 0 aliphatic carbocycles. The van der Waals surface area contributed by atoms with Gasteiger partial charge in [0.25, 0.3) is 0 Å². The van der Waals surface area contributed by atoms with Crippen LogP contribution in [0.2, 0.25) is 0 Å². The first-order valence-electron chi connectivity index (χ1n) is 5.75. The molecular formula is C12H15NO6. The van der Waals surface area contributed by atoms with Crippen LogP contribution in [-0.4, -0.2) is 57.5 Å². The third-order valence-electron chi connectivity index (χ3n) is 2.98. The number of hydrogen-bond donors (Lipinski definition) is 5. The van der Waals surface area contributed by atoms with Gasteiger partial charge in [-0.1, -0.05) is 0 Å². The Hall–Kier alpha value is -1.67. The van der Waals surface area contributed by atoms with Crippen molar-refractivity contribution < 1.29 is 30.0 Å². The number of carbonyl (C=O) groups is 1. The lowest BCUT2D eigenvalue weighted by Crippen LogP contribution is -2.36. The van der Waals surface area contributed by atoms with Crippen LogP contribution < -0.4 is 5.32 Å². The molecule has 1 aromatic carbocycles. The number of aliphatic hydroxyl groups is 3. The van der Waals surface area contributed by atoms with Gasteiger partial charge in [0.2, 0.25) is 0 Å². The van der Waals surface area contributed by atoms with Gasteiger partial charge in [-0.3, -0.25) is 0 Å². The average Bonchev–Trinajstić information content (AvgIpc) is 2.67. The maximum Gasteiger partial charge on any atom is 0.335 e. The minimum atomic E-state index is -1.17. The summed E-state index contributed by atoms with van der Waals surface area (Å²) in [7, 11) is 0. The molecule has 7 heteroatoms. The Kier molecular flexibility index (Phi) is 4.01. The van der Waals surface area contributed by atoms with Gasteiger partial charge in [-0.2, -0.15) is 0 Å². The van der Waals surface area contributed by atoms with Crippen LogP contribution in [0, 0.1) is 0 Å². The first kappa shape index (κ1) is 13.8. The Morgan fingerprint density at radius 3 is 2.32 bits per heavy atom. The van der Waals surface area contributed by atoms with E-state index in [1.807, 2.05) is 0 Å². The summed E-state index contributed by atoms with van der Waals surface area (Å²) in [4.78, 5) is 10.7. The normalized spacial score (nSPS) is 30.3. The van der Waals surface area contributed by atoms with E-state index in [1.54, 1.807) is 0 Å². The molecule has 0 amide bonds. The molecule has 1 aromatic rings. The molecule has 1 aliphatic rings. The van der Waals surface area contributed by atoms with Crippen molar-refractivity contribution in [3.05, 3.63) is 29.8 Å². The fourth-order valence-electron chi connectivity index (χ4n) is 1.89. The second kappa shape index (κ2) is 5.54. The van der Waals surface area contributed by atoms with Crippen molar-refractivity contribution in [2.45, 2.75) is 24.5 Å². The Balaban J connectivity index is 2.03. The zero-order chi connectivity index (χ0) is 14.0. The van der Waals surface area contributed by atoms with Gasteiger partial charge in [-0.05, 0) is 24.3 Å². The summed E-state index contributed by atoms with van der Waals surface area (Å²) in [5.41, 5.74) is 0.687. The molecule has 0 spiro atoms. The molecule has 0 unspecified atom stereocenters. The number of nitrogens with one attached hydrogen (secondary N) is 1. The Morgan fingerprint density at radius 1 is 1.21 bits per heavy atom. The Labute approximate surface area is 109 Å². The maximum absolute atomic E-state index is 10.7. The van der Waals surface area contributed by atoms with Crippen molar-refractivity contribution in [3.8, 4) is 0 Å². The van der Waals surface area contributed by atoms with Crippen LogP contribution >= 0.6 is 0 Å². The summed E-state index contributed by atoms with van der Waals surface area (Å²) in [6, 6.07) is 5.87. The summed E-state index contributed by atoms with van der Waals surface area (Å²) >= 11 is 0. The van der Waals surface area contributed by atoms with Crippen molar-refractivity contribution in [2.24, 2.45) is 0 Å². The molecule has 7 nitrogen and oxygen atoms in total. The average molecular weight is 269 g/mol. The predicted octanol–water partition coefficient (Wildman–Crippen LogP) is -0.764. The number of carboxylic acids is 1. The van der Waals surface area contributed by atoms with E-state index in [0.29, 0.717) is 5.69 Å². The maximum atomic E-state index is 10.7. The number of ether oxygens (including phenoxy) is 1. The number of carboxylic acid groups (broad SMARTS) is 1. The number of hydrogen-bond acceptors (Lipinski definition) is 6. The fourth-order valence-corrected chi connectivity index (χ4v) is 1.89. The van der Waals surface area contributed by atoms with Crippen LogP contribution in [0.4, 0.5) is 5.69 Å². The van der Waals surface area contributed by atoms with Gasteiger partial charge >= 0.3 is 5.97 Å². The third-order valence-corrected chi connectivity index (χ3v) is 2.98. The van der Waals surface area contributed by atoms with E-state index in [0.717, 1.165) is 0 Å². The van der Waals surface area contributed by atoms with E-state index in [-0.39, 0.29) is 5.56 Å². The van der Waals surface area contributed by atoms with E-state index in [2.05, 4.69) is 5.32 Å². The standard InChI is InChI=1S/C12H15NO6/c14-5-8-9(15)10(16)11(19-8)13-7-3-1-6(2-4-7)12(17)18/h1-4,8-11,13-16H,5H2,(H,17,18)/t8-,9+,10-,11+/m0/s1. The van der Waals surface area contributed by atoms with Gasteiger partial charge < -0.3 is 30.5 Å². The molecule has 1 saturated heterocycles. The molecule has 19 heavy (non-hydrogen) atoms. The lowest BCUT2D eigenvalue weighted by molar-refractivity contribution is -0.0153. The topological polar surface area (TPSA) is 119 Å². The van der Waals surface area contributed by atoms with E-state index < -0.39 is 37.1 Å². The lowest BCUT2D eigenvalue weighted by Gasteiger charge is -2.17. The SMILES string of the molecule is O=C(O)c1ccc(N[C@@H]2O[C@@H](CO)[C@@H](O)[C@@H]2O)cc1. The van der Waals surface area contributed by atoms with Gasteiger partial charge in [0.15, 0.2) is 6.23 Å². The van der Waals surface area contributed by atoms with Gasteiger partial charge in [-0.25, -0.2) is 4.79 Å². The van der Waals surface area contributed by atoms with Gasteiger partial charge in [0.1, 0.15) is 18.3 Å². The smallest absolute Gasteiger partial charge is 0.335 e. The molecule has 2 rings (SSSR count). The minimum absolute atomic E-state index is 0.145. The molecular weight excluding hydrogens is 254 g/mol. The number of benzene rings is 1. The molecule has 0 bridgehead atoms. The summed E-state index contributed by atoms with van der Waals surface area (Å²) in [5, 5.41) is 39.8. The van der Waals surface area contributed by atoms with Crippen LogP contribution in [0.3, 0.4) is 0 Å². The van der Waals surface area contributed by atoms with E-state index in [1.165, 1.54) is 24.3 Å². The number of aliphatic hydroxyl groups excluding tert-OH is 3. The molecule has 1 fully saturated rings. The van der Waals surface area contributed by atoms with Crippen molar-refractivity contribution in [1.82, 2.24) is 0 Å². The van der Waals surface area contributed by atoms with E-state index in [4.69, 9.17) is 14.9 Å². The second-order valence-electron chi connectivity index (χ2n) is 4.29. The highest BCUT2D eigenvalue weighted by Gasteiger charge is 2.42. The van der Waals surface area contributed by atoms with Crippen LogP contribution in [0.15, 0.2) is 24.3 Å². The van der Waals surface area contributed by atoms with Crippen LogP contribution in [0.5, 0.6) is 0 Å². The number of rotatable bonds is 4. The minimum Gasteiger partial charge on any atom is -0.478 e. The highest BCUT2D eigenvalue weighted by molar-refractivity contribution is 5.87. The molecule has 104 valence electrons. The van der Waals surface area contributed by atoms with E-state index >= 15 is 0 Å². The highest BCUT2D eigenvalue weighted by atomic mass is 16.6. The zero-order valence-corrected chi connectivity index (χ0v) is 9.93. The molecule has 5 N–H and O–H groups in total. The van der Waals surface area contributed by atoms with Crippen molar-refractivity contribution >= 4 is 11.7 Å². The number of anilines is 1. The largest absolute Gasteiger partial charge is 0.478 e. The third kappa shape index (κ3) is 2.85. The monoisotopic (exact) mass is 269 g/mol. The van der Waals surface area contributed by atoms with Gasteiger partial charge in [0.05, 0.1) is 12.2 Å². The summed E-state index contributed by atoms with van der Waals surface area (Å²) in [6.45, 7) is -0.394. The Morgan fingerprint density at radius 2 is 1.84 bits per heavy atom. The van der Waals surface area contributed by atoms with Gasteiger partial charge in [0, 0.05) is 5.69 Å². The first-order chi connectivity index (χ1) is 9.02. The van der Waals surface area contributed by atoms with Crippen LogP contribution in [0.1, 0.15) is 10.4 Å². The summed E-state index contributed by atoms with van der Waals surface area (Å²) in [6.07, 6.45) is -4.04. The van der Waals surface area contributed by atoms with Crippen molar-refractivity contribution in [3.63, 3.8) is 0 Å². The second-order valence-corrected chi connectivity index (χ2v) is 4.29. The molecule has 1 heterocycles. The van der Waals surface area contributed by atoms with Crippen molar-refractivity contribution in [2.75, 3.05) is 11.9 Å². The summed E-state index contributed by atoms with van der Waals surface area (Å²) in [5.74, 6) is -1.03. The fraction of sp³-hybridized carbons (Fsp3) is 0.417. The predicted molar refractivity (Wildman–Crippen MR) is 64.8 cm³/mol. The molecule has 1 aliphatic heterocycles. The molecule has 0 aromatic heterocycles. The first-order valence-corrected chi connectivity index (χ1v) is 5.75. The molecule has 4 atom stereocenters. The Bertz CT molecular complexity index is 448. The highest BCUT2D eigenvalue weighted by Crippen LogP contribution is 2.23. The summed E-state index contributed by atoms with van der Waals surface area (Å²) < 4.78 is 5.24. The zero-order valence-electron chi connectivity index (χ0n) is 9.93. The quantitative estimate of drug-likeness (QED) is 0.487. The molecule has 0 radical (unpaired) electrons. The number of aromatic carboxylic acids is 1. The lowest BCUT2D eigenvalue weighted by atomic mass is 10.1. The molecule has 0 saturated carbocycles.